The molecule has 0 heterocycles. The van der Waals surface area contributed by atoms with Crippen molar-refractivity contribution in [1.29, 1.82) is 0 Å². The third kappa shape index (κ3) is 3.65. The molecule has 0 spiro atoms. The van der Waals surface area contributed by atoms with Gasteiger partial charge < -0.3 is 0 Å². The lowest BCUT2D eigenvalue weighted by Crippen LogP contribution is -2.28. The van der Waals surface area contributed by atoms with Gasteiger partial charge in [0.25, 0.3) is 0 Å². The fraction of sp³-hybridized carbons (Fsp3) is 0.294. The van der Waals surface area contributed by atoms with E-state index in [2.05, 4.69) is 36.6 Å². The highest BCUT2D eigenvalue weighted by atomic mass is 19.1. The first-order valence-electron chi connectivity index (χ1n) is 6.88. The lowest BCUT2D eigenvalue weighted by Gasteiger charge is -2.17. The molecule has 2 nitrogen and oxygen atoms in total. The highest BCUT2D eigenvalue weighted by Crippen LogP contribution is 2.21. The fourth-order valence-corrected chi connectivity index (χ4v) is 2.41. The van der Waals surface area contributed by atoms with E-state index < -0.39 is 0 Å². The Hall–Kier alpha value is -1.71. The van der Waals surface area contributed by atoms with E-state index in [4.69, 9.17) is 5.84 Å². The van der Waals surface area contributed by atoms with Crippen LogP contribution in [0.3, 0.4) is 0 Å². The second-order valence-electron chi connectivity index (χ2n) is 5.26. The summed E-state index contributed by atoms with van der Waals surface area (Å²) in [6, 6.07) is 13.7. The molecule has 0 fully saturated rings. The van der Waals surface area contributed by atoms with Gasteiger partial charge in [0.05, 0.1) is 0 Å². The Balaban J connectivity index is 2.07. The number of benzene rings is 2. The molecule has 0 aliphatic heterocycles. The first-order valence-corrected chi connectivity index (χ1v) is 6.88. The van der Waals surface area contributed by atoms with E-state index in [9.17, 15) is 4.39 Å². The molecule has 0 aliphatic carbocycles. The van der Waals surface area contributed by atoms with Gasteiger partial charge in [0.2, 0.25) is 0 Å². The molecule has 20 heavy (non-hydrogen) atoms. The Bertz CT molecular complexity index is 581. The molecule has 0 saturated heterocycles. The molecule has 0 saturated carbocycles. The van der Waals surface area contributed by atoms with Crippen LogP contribution in [-0.4, -0.2) is 0 Å². The summed E-state index contributed by atoms with van der Waals surface area (Å²) in [5.74, 6) is 5.47. The minimum absolute atomic E-state index is 0.0369. The molecule has 0 aromatic heterocycles. The Morgan fingerprint density at radius 1 is 1.15 bits per heavy atom. The van der Waals surface area contributed by atoms with Crippen LogP contribution in [0.2, 0.25) is 0 Å². The van der Waals surface area contributed by atoms with Gasteiger partial charge in [-0.05, 0) is 49.4 Å². The van der Waals surface area contributed by atoms with Crippen molar-refractivity contribution in [3.63, 3.8) is 0 Å². The number of nitrogens with two attached hydrogens (primary N) is 1. The lowest BCUT2D eigenvalue weighted by molar-refractivity contribution is 0.514. The Kier molecular flexibility index (Phi) is 4.88. The summed E-state index contributed by atoms with van der Waals surface area (Å²) in [6.45, 7) is 3.86. The molecule has 2 aromatic rings. The van der Waals surface area contributed by atoms with Gasteiger partial charge in [0.1, 0.15) is 5.82 Å². The molecule has 0 radical (unpaired) electrons. The number of hydrazine groups is 1. The van der Waals surface area contributed by atoms with Crippen molar-refractivity contribution >= 4 is 0 Å². The molecule has 1 unspecified atom stereocenters. The largest absolute Gasteiger partial charge is 0.271 e. The number of hydrogen-bond donors (Lipinski definition) is 2. The van der Waals surface area contributed by atoms with Crippen LogP contribution in [0.4, 0.5) is 4.39 Å². The number of halogens is 1. The van der Waals surface area contributed by atoms with E-state index in [0.29, 0.717) is 5.56 Å². The number of rotatable bonds is 5. The van der Waals surface area contributed by atoms with Crippen LogP contribution in [0.1, 0.15) is 34.7 Å². The summed E-state index contributed by atoms with van der Waals surface area (Å²) in [5, 5.41) is 0. The molecule has 2 aromatic carbocycles. The van der Waals surface area contributed by atoms with Gasteiger partial charge in [-0.1, -0.05) is 42.0 Å². The van der Waals surface area contributed by atoms with Crippen LogP contribution in [0.25, 0.3) is 0 Å². The van der Waals surface area contributed by atoms with Crippen molar-refractivity contribution < 1.29 is 4.39 Å². The highest BCUT2D eigenvalue weighted by molar-refractivity contribution is 5.27. The minimum Gasteiger partial charge on any atom is -0.271 e. The van der Waals surface area contributed by atoms with Crippen molar-refractivity contribution in [3.8, 4) is 0 Å². The number of nitrogens with one attached hydrogen (secondary N) is 1. The van der Waals surface area contributed by atoms with Gasteiger partial charge in [0.15, 0.2) is 0 Å². The fourth-order valence-electron chi connectivity index (χ4n) is 2.41. The summed E-state index contributed by atoms with van der Waals surface area (Å²) >= 11 is 0. The zero-order chi connectivity index (χ0) is 14.5. The van der Waals surface area contributed by atoms with E-state index in [0.717, 1.165) is 18.4 Å². The average Bonchev–Trinajstić information content (AvgIpc) is 2.43. The van der Waals surface area contributed by atoms with Crippen LogP contribution in [0, 0.1) is 19.7 Å². The van der Waals surface area contributed by atoms with Crippen molar-refractivity contribution in [2.75, 3.05) is 0 Å². The zero-order valence-corrected chi connectivity index (χ0v) is 12.0. The van der Waals surface area contributed by atoms with E-state index in [1.54, 1.807) is 13.0 Å². The minimum atomic E-state index is -0.178. The molecule has 2 rings (SSSR count). The SMILES string of the molecule is Cc1cccc(CCC(NN)c2ccc(F)c(C)c2)c1. The molecule has 1 atom stereocenters. The molecule has 0 aliphatic rings. The maximum absolute atomic E-state index is 13.3. The Morgan fingerprint density at radius 2 is 1.95 bits per heavy atom. The third-order valence-electron chi connectivity index (χ3n) is 3.59. The van der Waals surface area contributed by atoms with E-state index in [1.807, 2.05) is 6.07 Å². The molecule has 0 bridgehead atoms. The third-order valence-corrected chi connectivity index (χ3v) is 3.59. The van der Waals surface area contributed by atoms with E-state index in [-0.39, 0.29) is 11.9 Å². The van der Waals surface area contributed by atoms with Crippen molar-refractivity contribution in [1.82, 2.24) is 5.43 Å². The quantitative estimate of drug-likeness (QED) is 0.645. The second kappa shape index (κ2) is 6.64. The molecule has 106 valence electrons. The number of hydrogen-bond acceptors (Lipinski definition) is 2. The Morgan fingerprint density at radius 3 is 2.60 bits per heavy atom. The standard InChI is InChI=1S/C17H21FN2/c1-12-4-3-5-14(10-12)6-9-17(20-19)15-7-8-16(18)13(2)11-15/h3-5,7-8,10-11,17,20H,6,9,19H2,1-2H3. The average molecular weight is 272 g/mol. The highest BCUT2D eigenvalue weighted by Gasteiger charge is 2.11. The maximum atomic E-state index is 13.3. The molecule has 0 amide bonds. The van der Waals surface area contributed by atoms with Gasteiger partial charge >= 0.3 is 0 Å². The summed E-state index contributed by atoms with van der Waals surface area (Å²) in [5.41, 5.74) is 7.06. The van der Waals surface area contributed by atoms with Crippen LogP contribution in [-0.2, 0) is 6.42 Å². The topological polar surface area (TPSA) is 38.0 Å². The van der Waals surface area contributed by atoms with Crippen molar-refractivity contribution in [3.05, 3.63) is 70.5 Å². The first-order chi connectivity index (χ1) is 9.60. The van der Waals surface area contributed by atoms with Gasteiger partial charge in [-0.3, -0.25) is 11.3 Å². The molecule has 3 heteroatoms. The van der Waals surface area contributed by atoms with Crippen molar-refractivity contribution in [2.45, 2.75) is 32.7 Å². The normalized spacial score (nSPS) is 12.4. The molecular formula is C17H21FN2. The lowest BCUT2D eigenvalue weighted by atomic mass is 9.97. The predicted octanol–water partition coefficient (Wildman–Crippen LogP) is 3.58. The second-order valence-corrected chi connectivity index (χ2v) is 5.26. The van der Waals surface area contributed by atoms with Gasteiger partial charge in [0, 0.05) is 6.04 Å². The number of aryl methyl sites for hydroxylation is 3. The smallest absolute Gasteiger partial charge is 0.126 e. The van der Waals surface area contributed by atoms with Crippen LogP contribution in [0.15, 0.2) is 42.5 Å². The summed E-state index contributed by atoms with van der Waals surface area (Å²) < 4.78 is 13.3. The summed E-state index contributed by atoms with van der Waals surface area (Å²) in [4.78, 5) is 0. The maximum Gasteiger partial charge on any atom is 0.126 e. The molecule has 3 N–H and O–H groups in total. The van der Waals surface area contributed by atoms with Crippen molar-refractivity contribution in [2.24, 2.45) is 5.84 Å². The molecular weight excluding hydrogens is 251 g/mol. The monoisotopic (exact) mass is 272 g/mol. The van der Waals surface area contributed by atoms with Crippen LogP contribution in [0.5, 0.6) is 0 Å². The zero-order valence-electron chi connectivity index (χ0n) is 12.0. The summed E-state index contributed by atoms with van der Waals surface area (Å²) in [6.07, 6.45) is 1.82. The summed E-state index contributed by atoms with van der Waals surface area (Å²) in [7, 11) is 0. The van der Waals surface area contributed by atoms with Gasteiger partial charge in [-0.2, -0.15) is 0 Å². The van der Waals surface area contributed by atoms with Gasteiger partial charge in [-0.15, -0.1) is 0 Å². The van der Waals surface area contributed by atoms with Crippen LogP contribution < -0.4 is 11.3 Å². The van der Waals surface area contributed by atoms with Crippen LogP contribution >= 0.6 is 0 Å². The van der Waals surface area contributed by atoms with E-state index >= 15 is 0 Å². The van der Waals surface area contributed by atoms with E-state index in [1.165, 1.54) is 17.2 Å². The van der Waals surface area contributed by atoms with Gasteiger partial charge in [-0.25, -0.2) is 4.39 Å². The Labute approximate surface area is 119 Å². The first kappa shape index (κ1) is 14.7. The predicted molar refractivity (Wildman–Crippen MR) is 80.7 cm³/mol.